The van der Waals surface area contributed by atoms with Crippen LogP contribution < -0.4 is 4.90 Å². The molecule has 0 bridgehead atoms. The topological polar surface area (TPSA) is 23.5 Å². The van der Waals surface area contributed by atoms with Crippen LogP contribution in [0.2, 0.25) is 0 Å². The summed E-state index contributed by atoms with van der Waals surface area (Å²) in [6.07, 6.45) is 11.4. The van der Waals surface area contributed by atoms with Crippen LogP contribution in [0.15, 0.2) is 35.9 Å². The molecule has 7 atom stereocenters. The van der Waals surface area contributed by atoms with Crippen molar-refractivity contribution in [2.45, 2.75) is 87.9 Å². The maximum absolute atomic E-state index is 11.2. The van der Waals surface area contributed by atoms with Crippen molar-refractivity contribution in [2.24, 2.45) is 29.1 Å². The van der Waals surface area contributed by atoms with Gasteiger partial charge in [0, 0.05) is 30.3 Å². The first kappa shape index (κ1) is 23.8. The third-order valence-electron chi connectivity index (χ3n) is 10.7. The third-order valence-corrected chi connectivity index (χ3v) is 14.1. The minimum absolute atomic E-state index is 0.0908. The van der Waals surface area contributed by atoms with Gasteiger partial charge in [-0.25, -0.2) is 0 Å². The van der Waals surface area contributed by atoms with Crippen molar-refractivity contribution in [3.05, 3.63) is 41.5 Å². The molecule has 186 valence electrons. The Morgan fingerprint density at radius 1 is 1.00 bits per heavy atom. The smallest absolute Gasteiger partial charge is 0.0794 e. The first-order chi connectivity index (χ1) is 16.3. The zero-order valence-corrected chi connectivity index (χ0v) is 23.1. The van der Waals surface area contributed by atoms with Gasteiger partial charge < -0.3 is 10.0 Å². The van der Waals surface area contributed by atoms with Crippen LogP contribution in [0.3, 0.4) is 0 Å². The summed E-state index contributed by atoms with van der Waals surface area (Å²) >= 11 is 4.44. The van der Waals surface area contributed by atoms with Crippen molar-refractivity contribution in [3.8, 4) is 0 Å². The van der Waals surface area contributed by atoms with Gasteiger partial charge in [-0.15, -0.1) is 23.5 Å². The Morgan fingerprint density at radius 3 is 2.44 bits per heavy atom. The Labute approximate surface area is 215 Å². The highest BCUT2D eigenvalue weighted by Gasteiger charge is 2.59. The number of hydrogen-bond acceptors (Lipinski definition) is 4. The maximum atomic E-state index is 11.2. The van der Waals surface area contributed by atoms with Gasteiger partial charge in [-0.05, 0) is 111 Å². The molecule has 1 N–H and O–H groups in total. The minimum atomic E-state index is -0.120. The molecule has 4 fully saturated rings. The van der Waals surface area contributed by atoms with Crippen LogP contribution in [-0.4, -0.2) is 39.9 Å². The average molecular weight is 498 g/mol. The molecular weight excluding hydrogens is 454 g/mol. The Bertz CT molecular complexity index is 936. The van der Waals surface area contributed by atoms with E-state index in [0.717, 1.165) is 30.6 Å². The molecule has 1 heterocycles. The van der Waals surface area contributed by atoms with Crippen molar-refractivity contribution in [1.82, 2.24) is 0 Å². The molecule has 0 radical (unpaired) electrons. The Kier molecular flexibility index (Phi) is 6.14. The molecule has 1 aromatic rings. The number of hydrogen-bond donors (Lipinski definition) is 1. The van der Waals surface area contributed by atoms with Crippen LogP contribution in [0.1, 0.15) is 77.2 Å². The highest BCUT2D eigenvalue weighted by molar-refractivity contribution is 8.21. The summed E-state index contributed by atoms with van der Waals surface area (Å²) < 4.78 is 0.393. The second kappa shape index (κ2) is 8.77. The fourth-order valence-corrected chi connectivity index (χ4v) is 11.9. The highest BCUT2D eigenvalue weighted by atomic mass is 32.2. The quantitative estimate of drug-likeness (QED) is 0.442. The lowest BCUT2D eigenvalue weighted by atomic mass is 9.48. The average Bonchev–Trinajstić information content (AvgIpc) is 3.41. The summed E-state index contributed by atoms with van der Waals surface area (Å²) in [7, 11) is 2.20. The molecule has 0 aromatic heterocycles. The number of nitrogens with zero attached hydrogens (tertiary/aromatic N) is 1. The molecule has 1 aliphatic heterocycles. The van der Waals surface area contributed by atoms with E-state index in [1.807, 2.05) is 0 Å². The molecule has 1 spiro atoms. The molecule has 6 rings (SSSR count). The van der Waals surface area contributed by atoms with E-state index in [4.69, 9.17) is 0 Å². The van der Waals surface area contributed by atoms with Crippen molar-refractivity contribution in [1.29, 1.82) is 0 Å². The predicted octanol–water partition coefficient (Wildman–Crippen LogP) is 7.33. The van der Waals surface area contributed by atoms with E-state index < -0.39 is 0 Å². The van der Waals surface area contributed by atoms with Gasteiger partial charge in [-0.1, -0.05) is 30.7 Å². The molecule has 5 aliphatic rings. The number of rotatable bonds is 3. The van der Waals surface area contributed by atoms with Crippen molar-refractivity contribution in [3.63, 3.8) is 0 Å². The van der Waals surface area contributed by atoms with Gasteiger partial charge in [-0.2, -0.15) is 0 Å². The van der Waals surface area contributed by atoms with Gasteiger partial charge in [0.15, 0.2) is 0 Å². The number of fused-ring (bicyclic) bond motifs is 5. The predicted molar refractivity (Wildman–Crippen MR) is 149 cm³/mol. The molecular formula is C30H43NOS2. The summed E-state index contributed by atoms with van der Waals surface area (Å²) in [5.74, 6) is 6.22. The summed E-state index contributed by atoms with van der Waals surface area (Å²) in [5.41, 5.74) is 4.74. The van der Waals surface area contributed by atoms with Crippen molar-refractivity contribution >= 4 is 29.2 Å². The van der Waals surface area contributed by atoms with Gasteiger partial charge in [0.1, 0.15) is 0 Å². The fourth-order valence-electron chi connectivity index (χ4n) is 8.71. The van der Waals surface area contributed by atoms with Gasteiger partial charge in [0.2, 0.25) is 0 Å². The van der Waals surface area contributed by atoms with Crippen molar-refractivity contribution in [2.75, 3.05) is 23.5 Å². The lowest BCUT2D eigenvalue weighted by Crippen LogP contribution is -2.51. The van der Waals surface area contributed by atoms with Crippen molar-refractivity contribution < 1.29 is 5.11 Å². The molecule has 34 heavy (non-hydrogen) atoms. The molecule has 3 saturated carbocycles. The van der Waals surface area contributed by atoms with Gasteiger partial charge in [0.05, 0.1) is 10.2 Å². The molecule has 0 unspecified atom stereocenters. The van der Waals surface area contributed by atoms with E-state index in [2.05, 4.69) is 86.6 Å². The molecule has 1 saturated heterocycles. The monoisotopic (exact) mass is 497 g/mol. The summed E-state index contributed by atoms with van der Waals surface area (Å²) in [4.78, 5) is 2.37. The highest BCUT2D eigenvalue weighted by Crippen LogP contribution is 2.67. The first-order valence-electron chi connectivity index (χ1n) is 13.8. The minimum Gasteiger partial charge on any atom is -0.393 e. The zero-order valence-electron chi connectivity index (χ0n) is 21.5. The number of allylic oxidation sites excluding steroid dienone is 1. The van der Waals surface area contributed by atoms with Crippen LogP contribution >= 0.6 is 23.5 Å². The summed E-state index contributed by atoms with van der Waals surface area (Å²) in [5, 5.41) is 11.2. The zero-order chi connectivity index (χ0) is 23.7. The van der Waals surface area contributed by atoms with Crippen LogP contribution in [-0.2, 0) is 0 Å². The molecule has 4 aliphatic carbocycles. The largest absolute Gasteiger partial charge is 0.393 e. The SMILES string of the molecule is CC(C)N(C)c1ccc([C@H]2C[C@]3(C)[C@@H](O)CC[C@H]3[C@@H]3CCC4=CC5(CC[C@@H]4[C@H]32)SCCS5)cc1. The lowest BCUT2D eigenvalue weighted by Gasteiger charge is -2.57. The van der Waals surface area contributed by atoms with E-state index in [0.29, 0.717) is 22.0 Å². The van der Waals surface area contributed by atoms with E-state index in [9.17, 15) is 5.11 Å². The normalized spacial score (nSPS) is 40.6. The first-order valence-corrected chi connectivity index (χ1v) is 15.8. The summed E-state index contributed by atoms with van der Waals surface area (Å²) in [6, 6.07) is 10.1. The summed E-state index contributed by atoms with van der Waals surface area (Å²) in [6.45, 7) is 6.95. The van der Waals surface area contributed by atoms with Gasteiger partial charge in [0.25, 0.3) is 0 Å². The van der Waals surface area contributed by atoms with E-state index >= 15 is 0 Å². The maximum Gasteiger partial charge on any atom is 0.0794 e. The lowest BCUT2D eigenvalue weighted by molar-refractivity contribution is -0.0659. The Morgan fingerprint density at radius 2 is 1.74 bits per heavy atom. The van der Waals surface area contributed by atoms with Crippen LogP contribution in [0.5, 0.6) is 0 Å². The second-order valence-electron chi connectivity index (χ2n) is 12.5. The number of benzene rings is 1. The van der Waals surface area contributed by atoms with Crippen LogP contribution in [0.25, 0.3) is 0 Å². The van der Waals surface area contributed by atoms with Crippen LogP contribution in [0, 0.1) is 29.1 Å². The number of anilines is 1. The molecule has 1 aromatic carbocycles. The van der Waals surface area contributed by atoms with E-state index in [1.54, 1.807) is 5.57 Å². The van der Waals surface area contributed by atoms with E-state index in [-0.39, 0.29) is 11.5 Å². The van der Waals surface area contributed by atoms with Gasteiger partial charge in [-0.3, -0.25) is 0 Å². The number of aliphatic hydroxyl groups excluding tert-OH is 1. The third kappa shape index (κ3) is 3.72. The van der Waals surface area contributed by atoms with Gasteiger partial charge >= 0.3 is 0 Å². The van der Waals surface area contributed by atoms with E-state index in [1.165, 1.54) is 54.9 Å². The fraction of sp³-hybridized carbons (Fsp3) is 0.733. The Hall–Kier alpha value is -0.580. The molecule has 0 amide bonds. The Balaban J connectivity index is 1.37. The number of thioether (sulfide) groups is 2. The number of aliphatic hydroxyl groups is 1. The molecule has 4 heteroatoms. The molecule has 2 nitrogen and oxygen atoms in total. The second-order valence-corrected chi connectivity index (χ2v) is 15.6. The standard InChI is InChI=1S/C30H43NOS2/c1-19(2)31(4)22-8-5-20(6-9-22)25-18-29(3)26(11-12-27(29)32)24-10-7-21-17-30(33-15-16-34-30)14-13-23(21)28(24)25/h5-6,8-9,17,19,23-28,32H,7,10-16,18H2,1-4H3/t23-,24-,25+,26-,27-,28+,29-/m0/s1. The van der Waals surface area contributed by atoms with Crippen LogP contribution in [0.4, 0.5) is 5.69 Å².